The van der Waals surface area contributed by atoms with Crippen LogP contribution < -0.4 is 11.1 Å². The van der Waals surface area contributed by atoms with Crippen LogP contribution in [-0.2, 0) is 4.74 Å². The lowest BCUT2D eigenvalue weighted by Gasteiger charge is -2.11. The van der Waals surface area contributed by atoms with Gasteiger partial charge in [-0.25, -0.2) is 0 Å². The Morgan fingerprint density at radius 2 is 2.26 bits per heavy atom. The molecule has 1 amide bonds. The summed E-state index contributed by atoms with van der Waals surface area (Å²) in [5, 5.41) is 3.77. The molecule has 0 saturated carbocycles. The van der Waals surface area contributed by atoms with E-state index in [-0.39, 0.29) is 12.0 Å². The van der Waals surface area contributed by atoms with Gasteiger partial charge in [-0.1, -0.05) is 0 Å². The molecule has 1 atom stereocenters. The van der Waals surface area contributed by atoms with E-state index in [4.69, 9.17) is 10.5 Å². The van der Waals surface area contributed by atoms with Crippen molar-refractivity contribution in [1.82, 2.24) is 10.3 Å². The van der Waals surface area contributed by atoms with Gasteiger partial charge in [0, 0.05) is 29.7 Å². The molecule has 5 heteroatoms. The van der Waals surface area contributed by atoms with Crippen molar-refractivity contribution in [2.45, 2.75) is 20.0 Å². The van der Waals surface area contributed by atoms with Crippen molar-refractivity contribution in [3.63, 3.8) is 0 Å². The van der Waals surface area contributed by atoms with E-state index in [2.05, 4.69) is 10.3 Å². The lowest BCUT2D eigenvalue weighted by molar-refractivity contribution is 0.0693. The molecule has 1 aromatic heterocycles. The second kappa shape index (κ2) is 5.75. The van der Waals surface area contributed by atoms with Gasteiger partial charge in [-0.2, -0.15) is 0 Å². The number of aromatic amines is 1. The van der Waals surface area contributed by atoms with E-state index in [1.54, 1.807) is 12.1 Å². The minimum Gasteiger partial charge on any atom is -0.399 e. The molecule has 0 aliphatic rings. The molecule has 1 unspecified atom stereocenters. The van der Waals surface area contributed by atoms with Crippen LogP contribution in [0.4, 0.5) is 5.69 Å². The zero-order chi connectivity index (χ0) is 13.8. The molecule has 0 spiro atoms. The number of nitrogen functional groups attached to an aromatic ring is 1. The largest absolute Gasteiger partial charge is 0.399 e. The Labute approximate surface area is 112 Å². The fraction of sp³-hybridized carbons (Fsp3) is 0.357. The number of anilines is 1. The first-order valence-corrected chi connectivity index (χ1v) is 6.38. The van der Waals surface area contributed by atoms with Crippen LogP contribution >= 0.6 is 0 Å². The molecule has 2 aromatic rings. The molecule has 0 aliphatic heterocycles. The zero-order valence-corrected chi connectivity index (χ0v) is 11.2. The van der Waals surface area contributed by atoms with Gasteiger partial charge in [0.1, 0.15) is 5.69 Å². The Morgan fingerprint density at radius 1 is 1.47 bits per heavy atom. The number of ether oxygens (including phenoxy) is 1. The Hall–Kier alpha value is -2.01. The first kappa shape index (κ1) is 13.4. The molecular formula is C14H19N3O2. The van der Waals surface area contributed by atoms with Gasteiger partial charge in [0.05, 0.1) is 6.10 Å². The quantitative estimate of drug-likeness (QED) is 0.719. The smallest absolute Gasteiger partial charge is 0.267 e. The number of aromatic nitrogens is 1. The number of nitrogens with two attached hydrogens (primary N) is 1. The third-order valence-electron chi connectivity index (χ3n) is 2.89. The number of H-pyrrole nitrogens is 1. The number of carbonyl (C=O) groups excluding carboxylic acids is 1. The SMILES string of the molecule is CCOC(C)CNC(=O)c1cc2cc(N)ccc2[nH]1. The molecule has 1 aromatic carbocycles. The van der Waals surface area contributed by atoms with Crippen molar-refractivity contribution in [2.24, 2.45) is 0 Å². The molecule has 0 saturated heterocycles. The minimum absolute atomic E-state index is 0.00831. The first-order chi connectivity index (χ1) is 9.10. The molecular weight excluding hydrogens is 242 g/mol. The van der Waals surface area contributed by atoms with Gasteiger partial charge in [0.2, 0.25) is 0 Å². The zero-order valence-electron chi connectivity index (χ0n) is 11.2. The van der Waals surface area contributed by atoms with Crippen molar-refractivity contribution in [1.29, 1.82) is 0 Å². The van der Waals surface area contributed by atoms with Crippen LogP contribution in [0.2, 0.25) is 0 Å². The molecule has 1 heterocycles. The van der Waals surface area contributed by atoms with Crippen molar-refractivity contribution in [2.75, 3.05) is 18.9 Å². The highest BCUT2D eigenvalue weighted by molar-refractivity contribution is 5.98. The first-order valence-electron chi connectivity index (χ1n) is 6.38. The Kier molecular flexibility index (Phi) is 4.06. The number of hydrogen-bond acceptors (Lipinski definition) is 3. The minimum atomic E-state index is -0.138. The lowest BCUT2D eigenvalue weighted by Crippen LogP contribution is -2.32. The second-order valence-electron chi connectivity index (χ2n) is 4.51. The summed E-state index contributed by atoms with van der Waals surface area (Å²) in [6, 6.07) is 7.31. The van der Waals surface area contributed by atoms with Gasteiger partial charge >= 0.3 is 0 Å². The molecule has 0 bridgehead atoms. The average Bonchev–Trinajstić information content (AvgIpc) is 2.79. The summed E-state index contributed by atoms with van der Waals surface area (Å²) in [7, 11) is 0. The fourth-order valence-electron chi connectivity index (χ4n) is 1.95. The Bertz CT molecular complexity index is 577. The van der Waals surface area contributed by atoms with Crippen molar-refractivity contribution in [3.8, 4) is 0 Å². The highest BCUT2D eigenvalue weighted by atomic mass is 16.5. The highest BCUT2D eigenvalue weighted by Gasteiger charge is 2.10. The topological polar surface area (TPSA) is 80.1 Å². The summed E-state index contributed by atoms with van der Waals surface area (Å²) in [4.78, 5) is 15.0. The van der Waals surface area contributed by atoms with Crippen LogP contribution in [0.25, 0.3) is 10.9 Å². The summed E-state index contributed by atoms with van der Waals surface area (Å²) in [5.41, 5.74) is 7.83. The summed E-state index contributed by atoms with van der Waals surface area (Å²) in [6.07, 6.45) is 0.00831. The van der Waals surface area contributed by atoms with Crippen LogP contribution in [0.3, 0.4) is 0 Å². The fourth-order valence-corrected chi connectivity index (χ4v) is 1.95. The van der Waals surface area contributed by atoms with Crippen LogP contribution in [0.15, 0.2) is 24.3 Å². The second-order valence-corrected chi connectivity index (χ2v) is 4.51. The van der Waals surface area contributed by atoms with E-state index < -0.39 is 0 Å². The standard InChI is InChI=1S/C14H19N3O2/c1-3-19-9(2)8-16-14(18)13-7-10-6-11(15)4-5-12(10)17-13/h4-7,9,17H,3,8,15H2,1-2H3,(H,16,18). The number of nitrogens with one attached hydrogen (secondary N) is 2. The van der Waals surface area contributed by atoms with Crippen molar-refractivity contribution in [3.05, 3.63) is 30.0 Å². The monoisotopic (exact) mass is 261 g/mol. The number of hydrogen-bond donors (Lipinski definition) is 3. The van der Waals surface area contributed by atoms with E-state index in [1.165, 1.54) is 0 Å². The predicted molar refractivity (Wildman–Crippen MR) is 76.1 cm³/mol. The van der Waals surface area contributed by atoms with E-state index in [9.17, 15) is 4.79 Å². The average molecular weight is 261 g/mol. The van der Waals surface area contributed by atoms with Crippen LogP contribution in [0.1, 0.15) is 24.3 Å². The predicted octanol–water partition coefficient (Wildman–Crippen LogP) is 1.90. The van der Waals surface area contributed by atoms with E-state index >= 15 is 0 Å². The van der Waals surface area contributed by atoms with Gasteiger partial charge in [0.15, 0.2) is 0 Å². The third kappa shape index (κ3) is 3.26. The van der Waals surface area contributed by atoms with Crippen LogP contribution in [0, 0.1) is 0 Å². The van der Waals surface area contributed by atoms with E-state index in [0.717, 1.165) is 10.9 Å². The molecule has 2 rings (SSSR count). The van der Waals surface area contributed by atoms with Gasteiger partial charge in [0.25, 0.3) is 5.91 Å². The maximum absolute atomic E-state index is 12.0. The Balaban J connectivity index is 2.05. The number of benzene rings is 1. The molecule has 19 heavy (non-hydrogen) atoms. The number of fused-ring (bicyclic) bond motifs is 1. The number of carbonyl (C=O) groups is 1. The molecule has 0 aliphatic carbocycles. The summed E-state index contributed by atoms with van der Waals surface area (Å²) < 4.78 is 5.36. The van der Waals surface area contributed by atoms with Gasteiger partial charge in [-0.3, -0.25) is 4.79 Å². The van der Waals surface area contributed by atoms with Gasteiger partial charge in [-0.05, 0) is 38.1 Å². The normalized spacial score (nSPS) is 12.5. The maximum Gasteiger partial charge on any atom is 0.267 e. The highest BCUT2D eigenvalue weighted by Crippen LogP contribution is 2.18. The molecule has 102 valence electrons. The van der Waals surface area contributed by atoms with E-state index in [1.807, 2.05) is 26.0 Å². The molecule has 4 N–H and O–H groups in total. The maximum atomic E-state index is 12.0. The molecule has 0 radical (unpaired) electrons. The van der Waals surface area contributed by atoms with Gasteiger partial charge in [-0.15, -0.1) is 0 Å². The Morgan fingerprint density at radius 3 is 3.00 bits per heavy atom. The van der Waals surface area contributed by atoms with Gasteiger partial charge < -0.3 is 20.8 Å². The summed E-state index contributed by atoms with van der Waals surface area (Å²) in [5.74, 6) is -0.138. The summed E-state index contributed by atoms with van der Waals surface area (Å²) in [6.45, 7) is 4.99. The molecule has 0 fully saturated rings. The van der Waals surface area contributed by atoms with Crippen molar-refractivity contribution < 1.29 is 9.53 Å². The van der Waals surface area contributed by atoms with Crippen LogP contribution in [0.5, 0.6) is 0 Å². The van der Waals surface area contributed by atoms with E-state index in [0.29, 0.717) is 24.5 Å². The van der Waals surface area contributed by atoms with Crippen molar-refractivity contribution >= 4 is 22.5 Å². The number of rotatable bonds is 5. The third-order valence-corrected chi connectivity index (χ3v) is 2.89. The summed E-state index contributed by atoms with van der Waals surface area (Å²) >= 11 is 0. The molecule has 5 nitrogen and oxygen atoms in total. The number of amides is 1. The van der Waals surface area contributed by atoms with Crippen LogP contribution in [-0.4, -0.2) is 30.1 Å². The lowest BCUT2D eigenvalue weighted by atomic mass is 10.2.